The van der Waals surface area contributed by atoms with Gasteiger partial charge in [-0.15, -0.1) is 0 Å². The molecule has 1 aliphatic rings. The summed E-state index contributed by atoms with van der Waals surface area (Å²) in [5.41, 5.74) is 3.63. The highest BCUT2D eigenvalue weighted by molar-refractivity contribution is 7.80. The van der Waals surface area contributed by atoms with Crippen LogP contribution in [0, 0.1) is 0 Å². The van der Waals surface area contributed by atoms with Gasteiger partial charge < -0.3 is 20.1 Å². The minimum absolute atomic E-state index is 0.218. The Labute approximate surface area is 185 Å². The molecule has 1 atom stereocenters. The van der Waals surface area contributed by atoms with Crippen LogP contribution in [0.25, 0.3) is 0 Å². The lowest BCUT2D eigenvalue weighted by molar-refractivity contribution is 0.0170. The van der Waals surface area contributed by atoms with Crippen molar-refractivity contribution in [2.24, 2.45) is 0 Å². The topological polar surface area (TPSA) is 45.8 Å². The third kappa shape index (κ3) is 6.69. The molecule has 0 radical (unpaired) electrons. The summed E-state index contributed by atoms with van der Waals surface area (Å²) in [4.78, 5) is 2.45. The van der Waals surface area contributed by atoms with Gasteiger partial charge in [-0.3, -0.25) is 4.90 Å². The number of hydrogen-bond donors (Lipinski definition) is 2. The number of nitrogens with one attached hydrogen (secondary N) is 2. The molecular weight excluding hydrogens is 394 g/mol. The average Bonchev–Trinajstić information content (AvgIpc) is 2.80. The van der Waals surface area contributed by atoms with E-state index < -0.39 is 0 Å². The maximum absolute atomic E-state index is 5.56. The summed E-state index contributed by atoms with van der Waals surface area (Å²) in [6, 6.07) is 17.1. The van der Waals surface area contributed by atoms with Crippen molar-refractivity contribution in [3.63, 3.8) is 0 Å². The van der Waals surface area contributed by atoms with Gasteiger partial charge in [-0.1, -0.05) is 37.6 Å². The Kier molecular flexibility index (Phi) is 8.93. The first-order valence-electron chi connectivity index (χ1n) is 10.8. The van der Waals surface area contributed by atoms with E-state index >= 15 is 0 Å². The van der Waals surface area contributed by atoms with Crippen LogP contribution in [0.1, 0.15) is 36.9 Å². The fourth-order valence-electron chi connectivity index (χ4n) is 3.67. The average molecular weight is 428 g/mol. The Morgan fingerprint density at radius 2 is 1.80 bits per heavy atom. The van der Waals surface area contributed by atoms with Gasteiger partial charge in [0.25, 0.3) is 0 Å². The highest BCUT2D eigenvalue weighted by Crippen LogP contribution is 2.23. The number of ether oxygens (including phenoxy) is 2. The monoisotopic (exact) mass is 427 g/mol. The molecule has 0 aromatic heterocycles. The number of methoxy groups -OCH3 is 1. The molecule has 2 N–H and O–H groups in total. The first-order chi connectivity index (χ1) is 14.7. The molecule has 1 heterocycles. The lowest BCUT2D eigenvalue weighted by Gasteiger charge is -2.35. The van der Waals surface area contributed by atoms with Gasteiger partial charge in [0.05, 0.1) is 26.4 Å². The SMILES string of the molecule is CCCCc1ccc(NC(=S)NC[C@H](c2ccc(OC)cc2)N2CCOCC2)cc1. The van der Waals surface area contributed by atoms with E-state index in [2.05, 4.69) is 58.9 Å². The summed E-state index contributed by atoms with van der Waals surface area (Å²) in [5, 5.41) is 7.36. The van der Waals surface area contributed by atoms with E-state index in [9.17, 15) is 0 Å². The van der Waals surface area contributed by atoms with Gasteiger partial charge in [0.2, 0.25) is 0 Å². The summed E-state index contributed by atoms with van der Waals surface area (Å²) in [5.74, 6) is 0.868. The van der Waals surface area contributed by atoms with Crippen molar-refractivity contribution in [3.05, 3.63) is 59.7 Å². The lowest BCUT2D eigenvalue weighted by atomic mass is 10.0. The van der Waals surface area contributed by atoms with Crippen LogP contribution in [0.4, 0.5) is 5.69 Å². The minimum Gasteiger partial charge on any atom is -0.497 e. The molecule has 162 valence electrons. The summed E-state index contributed by atoms with van der Waals surface area (Å²) < 4.78 is 10.8. The van der Waals surface area contributed by atoms with Crippen LogP contribution in [-0.4, -0.2) is 50.0 Å². The molecule has 0 saturated carbocycles. The second kappa shape index (κ2) is 11.9. The smallest absolute Gasteiger partial charge is 0.170 e. The summed E-state index contributed by atoms with van der Waals surface area (Å²) in [7, 11) is 1.69. The number of thiocarbonyl (C=S) groups is 1. The van der Waals surface area contributed by atoms with Crippen molar-refractivity contribution < 1.29 is 9.47 Å². The van der Waals surface area contributed by atoms with Crippen LogP contribution < -0.4 is 15.4 Å². The molecule has 2 aromatic carbocycles. The largest absolute Gasteiger partial charge is 0.497 e. The second-order valence-electron chi connectivity index (χ2n) is 7.57. The molecule has 0 unspecified atom stereocenters. The minimum atomic E-state index is 0.218. The predicted molar refractivity (Wildman–Crippen MR) is 127 cm³/mol. The van der Waals surface area contributed by atoms with Crippen LogP contribution in [0.15, 0.2) is 48.5 Å². The molecule has 0 aliphatic carbocycles. The number of morpholine rings is 1. The van der Waals surface area contributed by atoms with Crippen LogP contribution >= 0.6 is 12.2 Å². The Morgan fingerprint density at radius 3 is 2.43 bits per heavy atom. The van der Waals surface area contributed by atoms with Crippen molar-refractivity contribution in [2.45, 2.75) is 32.2 Å². The van der Waals surface area contributed by atoms with Crippen LogP contribution in [0.3, 0.4) is 0 Å². The second-order valence-corrected chi connectivity index (χ2v) is 7.98. The molecule has 3 rings (SSSR count). The zero-order valence-electron chi connectivity index (χ0n) is 18.0. The molecule has 2 aromatic rings. The predicted octanol–water partition coefficient (Wildman–Crippen LogP) is 4.40. The number of hydrogen-bond acceptors (Lipinski definition) is 4. The molecule has 0 spiro atoms. The van der Waals surface area contributed by atoms with Gasteiger partial charge in [-0.2, -0.15) is 0 Å². The quantitative estimate of drug-likeness (QED) is 0.579. The fourth-order valence-corrected chi connectivity index (χ4v) is 3.87. The normalized spacial score (nSPS) is 15.4. The summed E-state index contributed by atoms with van der Waals surface area (Å²) in [6.45, 7) is 6.30. The van der Waals surface area contributed by atoms with Crippen molar-refractivity contribution in [1.29, 1.82) is 0 Å². The van der Waals surface area contributed by atoms with Crippen molar-refractivity contribution >= 4 is 23.0 Å². The first-order valence-corrected chi connectivity index (χ1v) is 11.2. The molecule has 6 heteroatoms. The molecule has 0 amide bonds. The van der Waals surface area contributed by atoms with Gasteiger partial charge in [-0.05, 0) is 60.5 Å². The molecule has 1 saturated heterocycles. The molecular formula is C24H33N3O2S. The maximum Gasteiger partial charge on any atom is 0.170 e. The zero-order valence-corrected chi connectivity index (χ0v) is 18.8. The van der Waals surface area contributed by atoms with Crippen molar-refractivity contribution in [3.8, 4) is 5.75 Å². The van der Waals surface area contributed by atoms with E-state index in [1.165, 1.54) is 24.0 Å². The van der Waals surface area contributed by atoms with E-state index in [0.717, 1.165) is 50.7 Å². The number of nitrogens with zero attached hydrogens (tertiary/aromatic N) is 1. The first kappa shape index (κ1) is 22.5. The Balaban J connectivity index is 1.59. The molecule has 1 fully saturated rings. The van der Waals surface area contributed by atoms with E-state index in [1.807, 2.05) is 12.1 Å². The Hall–Kier alpha value is -2.15. The highest BCUT2D eigenvalue weighted by atomic mass is 32.1. The third-order valence-electron chi connectivity index (χ3n) is 5.47. The van der Waals surface area contributed by atoms with Crippen molar-refractivity contribution in [1.82, 2.24) is 10.2 Å². The van der Waals surface area contributed by atoms with Crippen LogP contribution in [0.5, 0.6) is 5.75 Å². The number of unbranched alkanes of at least 4 members (excludes halogenated alkanes) is 1. The number of benzene rings is 2. The molecule has 5 nitrogen and oxygen atoms in total. The maximum atomic E-state index is 5.56. The Morgan fingerprint density at radius 1 is 1.10 bits per heavy atom. The lowest BCUT2D eigenvalue weighted by Crippen LogP contribution is -2.44. The standard InChI is InChI=1S/C24H33N3O2S/c1-3-4-5-19-6-10-21(11-7-19)26-24(30)25-18-23(27-14-16-29-17-15-27)20-8-12-22(28-2)13-9-20/h6-13,23H,3-5,14-18H2,1-2H3,(H2,25,26,30)/t23-/m1/s1. The van der Waals surface area contributed by atoms with Gasteiger partial charge >= 0.3 is 0 Å². The third-order valence-corrected chi connectivity index (χ3v) is 5.72. The number of anilines is 1. The van der Waals surface area contributed by atoms with Crippen LogP contribution in [0.2, 0.25) is 0 Å². The van der Waals surface area contributed by atoms with Gasteiger partial charge in [0, 0.05) is 25.3 Å². The Bertz CT molecular complexity index is 774. The van der Waals surface area contributed by atoms with Gasteiger partial charge in [-0.25, -0.2) is 0 Å². The zero-order chi connectivity index (χ0) is 21.2. The summed E-state index contributed by atoms with van der Waals surface area (Å²) in [6.07, 6.45) is 3.57. The summed E-state index contributed by atoms with van der Waals surface area (Å²) >= 11 is 5.56. The van der Waals surface area contributed by atoms with Crippen molar-refractivity contribution in [2.75, 3.05) is 45.3 Å². The number of rotatable bonds is 9. The molecule has 1 aliphatic heterocycles. The van der Waals surface area contributed by atoms with Gasteiger partial charge in [0.15, 0.2) is 5.11 Å². The highest BCUT2D eigenvalue weighted by Gasteiger charge is 2.23. The molecule has 0 bridgehead atoms. The fraction of sp³-hybridized carbons (Fsp3) is 0.458. The van der Waals surface area contributed by atoms with Gasteiger partial charge in [0.1, 0.15) is 5.75 Å². The van der Waals surface area contributed by atoms with Crippen LogP contribution in [-0.2, 0) is 11.2 Å². The van der Waals surface area contributed by atoms with E-state index in [0.29, 0.717) is 5.11 Å². The van der Waals surface area contributed by atoms with E-state index in [-0.39, 0.29) is 6.04 Å². The number of aryl methyl sites for hydroxylation is 1. The van der Waals surface area contributed by atoms with E-state index in [4.69, 9.17) is 21.7 Å². The molecule has 30 heavy (non-hydrogen) atoms. The van der Waals surface area contributed by atoms with E-state index in [1.54, 1.807) is 7.11 Å².